The summed E-state index contributed by atoms with van der Waals surface area (Å²) in [6.07, 6.45) is 0. The Bertz CT molecular complexity index is 398. The summed E-state index contributed by atoms with van der Waals surface area (Å²) < 4.78 is 35.8. The summed E-state index contributed by atoms with van der Waals surface area (Å²) in [6, 6.07) is 5.07. The minimum absolute atomic E-state index is 0.0357. The molecule has 1 aromatic rings. The molecule has 0 aliphatic heterocycles. The Balaban J connectivity index is 2.46. The van der Waals surface area contributed by atoms with E-state index in [0.29, 0.717) is 10.0 Å². The summed E-state index contributed by atoms with van der Waals surface area (Å²) in [5.74, 6) is -0.0357. The monoisotopic (exact) mass is 317 g/mol. The lowest BCUT2D eigenvalue weighted by molar-refractivity contribution is -0.0327. The van der Waals surface area contributed by atoms with Crippen LogP contribution >= 0.6 is 35.0 Å². The highest BCUT2D eigenvalue weighted by molar-refractivity contribution is 8.00. The zero-order valence-electron chi connectivity index (χ0n) is 9.52. The molecule has 0 saturated heterocycles. The Hall–Kier alpha value is -0.100. The number of benzene rings is 1. The van der Waals surface area contributed by atoms with Gasteiger partial charge in [-0.15, -0.1) is 0 Å². The van der Waals surface area contributed by atoms with Crippen LogP contribution in [-0.2, 0) is 0 Å². The minimum Gasteiger partial charge on any atom is -0.309 e. The summed E-state index contributed by atoms with van der Waals surface area (Å²) in [6.45, 7) is 2.07. The van der Waals surface area contributed by atoms with Gasteiger partial charge in [0.1, 0.15) is 0 Å². The maximum absolute atomic E-state index is 11.9. The molecular weight excluding hydrogens is 306 g/mol. The van der Waals surface area contributed by atoms with E-state index in [1.54, 1.807) is 18.2 Å². The fraction of sp³-hybridized carbons (Fsp3) is 0.455. The summed E-state index contributed by atoms with van der Waals surface area (Å²) in [7, 11) is 0. The molecular formula is C11H12Cl2F3NS. The lowest BCUT2D eigenvalue weighted by Crippen LogP contribution is -2.22. The van der Waals surface area contributed by atoms with Gasteiger partial charge < -0.3 is 5.32 Å². The van der Waals surface area contributed by atoms with Gasteiger partial charge in [0, 0.05) is 18.3 Å². The Labute approximate surface area is 118 Å². The molecule has 18 heavy (non-hydrogen) atoms. The summed E-state index contributed by atoms with van der Waals surface area (Å²) >= 11 is 11.8. The van der Waals surface area contributed by atoms with Gasteiger partial charge in [0.15, 0.2) is 0 Å². The third-order valence-corrected chi connectivity index (χ3v) is 3.84. The molecule has 0 radical (unpaired) electrons. The zero-order chi connectivity index (χ0) is 13.8. The van der Waals surface area contributed by atoms with Gasteiger partial charge in [-0.3, -0.25) is 0 Å². The molecule has 0 saturated carbocycles. The van der Waals surface area contributed by atoms with E-state index in [9.17, 15) is 13.2 Å². The van der Waals surface area contributed by atoms with Crippen LogP contribution in [0.25, 0.3) is 0 Å². The Kier molecular flexibility index (Phi) is 6.11. The minimum atomic E-state index is -4.18. The first kappa shape index (κ1) is 16.0. The van der Waals surface area contributed by atoms with E-state index in [0.717, 1.165) is 5.56 Å². The molecule has 0 aromatic heterocycles. The molecule has 0 bridgehead atoms. The highest BCUT2D eigenvalue weighted by Gasteiger charge is 2.27. The molecule has 0 heterocycles. The molecule has 0 fully saturated rings. The third kappa shape index (κ3) is 5.26. The molecule has 0 aliphatic carbocycles. The second kappa shape index (κ2) is 6.89. The van der Waals surface area contributed by atoms with Crippen molar-refractivity contribution in [2.24, 2.45) is 0 Å². The fourth-order valence-electron chi connectivity index (χ4n) is 1.41. The topological polar surface area (TPSA) is 12.0 Å². The first-order chi connectivity index (χ1) is 8.31. The standard InChI is InChI=1S/C11H12Cl2F3NS/c1-7(17-5-6-18-11(14,15)16)8-3-2-4-9(12)10(8)13/h2-4,7,17H,5-6H2,1H3. The van der Waals surface area contributed by atoms with E-state index >= 15 is 0 Å². The average Bonchev–Trinajstić information content (AvgIpc) is 2.26. The van der Waals surface area contributed by atoms with Gasteiger partial charge in [-0.25, -0.2) is 0 Å². The van der Waals surface area contributed by atoms with Crippen molar-refractivity contribution in [3.05, 3.63) is 33.8 Å². The molecule has 7 heteroatoms. The third-order valence-electron chi connectivity index (χ3n) is 2.27. The van der Waals surface area contributed by atoms with Crippen molar-refractivity contribution in [2.45, 2.75) is 18.5 Å². The van der Waals surface area contributed by atoms with Gasteiger partial charge in [-0.1, -0.05) is 35.3 Å². The normalized spacial score (nSPS) is 13.7. The lowest BCUT2D eigenvalue weighted by Gasteiger charge is -2.16. The number of rotatable bonds is 5. The molecule has 0 aliphatic rings. The van der Waals surface area contributed by atoms with Crippen LogP contribution in [0.15, 0.2) is 18.2 Å². The fourth-order valence-corrected chi connectivity index (χ4v) is 2.33. The van der Waals surface area contributed by atoms with Crippen LogP contribution in [0.1, 0.15) is 18.5 Å². The van der Waals surface area contributed by atoms with E-state index in [-0.39, 0.29) is 30.1 Å². The van der Waals surface area contributed by atoms with E-state index in [4.69, 9.17) is 23.2 Å². The van der Waals surface area contributed by atoms with E-state index in [1.807, 2.05) is 6.92 Å². The molecule has 1 rings (SSSR count). The van der Waals surface area contributed by atoms with Crippen molar-refractivity contribution in [3.8, 4) is 0 Å². The van der Waals surface area contributed by atoms with Crippen LogP contribution in [0, 0.1) is 0 Å². The van der Waals surface area contributed by atoms with Crippen LogP contribution in [0.3, 0.4) is 0 Å². The van der Waals surface area contributed by atoms with Crippen molar-refractivity contribution in [1.82, 2.24) is 5.32 Å². The van der Waals surface area contributed by atoms with Crippen molar-refractivity contribution in [3.63, 3.8) is 0 Å². The predicted octanol–water partition coefficient (Wildman–Crippen LogP) is 4.90. The summed E-state index contributed by atoms with van der Waals surface area (Å²) in [4.78, 5) is 0. The van der Waals surface area contributed by atoms with Gasteiger partial charge in [0.05, 0.1) is 10.0 Å². The van der Waals surface area contributed by atoms with Crippen LogP contribution in [-0.4, -0.2) is 17.8 Å². The maximum atomic E-state index is 11.9. The maximum Gasteiger partial charge on any atom is 0.441 e. The van der Waals surface area contributed by atoms with Gasteiger partial charge >= 0.3 is 5.51 Å². The van der Waals surface area contributed by atoms with Crippen LogP contribution in [0.4, 0.5) is 13.2 Å². The number of hydrogen-bond donors (Lipinski definition) is 1. The highest BCUT2D eigenvalue weighted by Crippen LogP contribution is 2.31. The van der Waals surface area contributed by atoms with E-state index in [1.165, 1.54) is 0 Å². The van der Waals surface area contributed by atoms with Gasteiger partial charge in [-0.05, 0) is 30.3 Å². The lowest BCUT2D eigenvalue weighted by atomic mass is 10.1. The van der Waals surface area contributed by atoms with Crippen molar-refractivity contribution in [1.29, 1.82) is 0 Å². The molecule has 1 unspecified atom stereocenters. The van der Waals surface area contributed by atoms with Gasteiger partial charge in [0.25, 0.3) is 0 Å². The van der Waals surface area contributed by atoms with Crippen molar-refractivity contribution in [2.75, 3.05) is 12.3 Å². The zero-order valence-corrected chi connectivity index (χ0v) is 11.9. The largest absolute Gasteiger partial charge is 0.441 e. The number of nitrogens with one attached hydrogen (secondary N) is 1. The van der Waals surface area contributed by atoms with Crippen LogP contribution in [0.2, 0.25) is 10.0 Å². The van der Waals surface area contributed by atoms with Crippen LogP contribution in [0.5, 0.6) is 0 Å². The quantitative estimate of drug-likeness (QED) is 0.775. The SMILES string of the molecule is CC(NCCSC(F)(F)F)c1cccc(Cl)c1Cl. The second-order valence-corrected chi connectivity index (χ2v) is 5.56. The second-order valence-electron chi connectivity index (χ2n) is 3.61. The highest BCUT2D eigenvalue weighted by atomic mass is 35.5. The van der Waals surface area contributed by atoms with Gasteiger partial charge in [0.2, 0.25) is 0 Å². The number of hydrogen-bond acceptors (Lipinski definition) is 2. The summed E-state index contributed by atoms with van der Waals surface area (Å²) in [5, 5.41) is 3.85. The predicted molar refractivity (Wildman–Crippen MR) is 71.4 cm³/mol. The molecule has 1 atom stereocenters. The first-order valence-electron chi connectivity index (χ1n) is 5.19. The molecule has 1 aromatic carbocycles. The Morgan fingerprint density at radius 3 is 2.61 bits per heavy atom. The smallest absolute Gasteiger partial charge is 0.309 e. The van der Waals surface area contributed by atoms with Crippen LogP contribution < -0.4 is 5.32 Å². The van der Waals surface area contributed by atoms with Crippen molar-refractivity contribution < 1.29 is 13.2 Å². The Morgan fingerprint density at radius 2 is 2.00 bits per heavy atom. The Morgan fingerprint density at radius 1 is 1.33 bits per heavy atom. The molecule has 1 nitrogen and oxygen atoms in total. The van der Waals surface area contributed by atoms with Gasteiger partial charge in [-0.2, -0.15) is 13.2 Å². The number of alkyl halides is 3. The molecule has 0 spiro atoms. The van der Waals surface area contributed by atoms with E-state index in [2.05, 4.69) is 5.32 Å². The van der Waals surface area contributed by atoms with E-state index < -0.39 is 5.51 Å². The first-order valence-corrected chi connectivity index (χ1v) is 6.93. The molecule has 1 N–H and O–H groups in total. The molecule has 0 amide bonds. The van der Waals surface area contributed by atoms with Crippen molar-refractivity contribution >= 4 is 35.0 Å². The average molecular weight is 318 g/mol. The molecule has 102 valence electrons. The number of halogens is 5. The number of thioether (sulfide) groups is 1. The summed E-state index contributed by atoms with van der Waals surface area (Å²) in [5.41, 5.74) is -3.40.